The molecule has 0 amide bonds. The van der Waals surface area contributed by atoms with Crippen LogP contribution in [0.4, 0.5) is 5.95 Å². The Bertz CT molecular complexity index is 1290. The maximum atomic E-state index is 11.4. The summed E-state index contributed by atoms with van der Waals surface area (Å²) in [5, 5.41) is 5.14. The standard InChI is InChI=1S/C22H28N6O3S2/c1-13(2)28-20(25-22(23)26-28)21-24-19-16-5-4-14(10-17(16)31-8-6-18(19)32-21)15-11-27(12-15)7-9-33(3,29)30/h4-5,10,13,15H,6-9,11-12H2,1-3H3,(H2,23,26). The van der Waals surface area contributed by atoms with Crippen molar-refractivity contribution in [2.75, 3.05) is 44.0 Å². The van der Waals surface area contributed by atoms with Gasteiger partial charge in [0, 0.05) is 54.7 Å². The van der Waals surface area contributed by atoms with Gasteiger partial charge in [0.15, 0.2) is 10.8 Å². The second-order valence-electron chi connectivity index (χ2n) is 9.06. The lowest BCUT2D eigenvalue weighted by atomic mass is 9.90. The van der Waals surface area contributed by atoms with Crippen molar-refractivity contribution in [2.45, 2.75) is 32.2 Å². The molecule has 0 aliphatic carbocycles. The van der Waals surface area contributed by atoms with Crippen LogP contribution in [0.2, 0.25) is 0 Å². The molecule has 0 saturated carbocycles. The fraction of sp³-hybridized carbons (Fsp3) is 0.500. The number of nitrogens with two attached hydrogens (primary N) is 1. The number of hydrogen-bond acceptors (Lipinski definition) is 9. The van der Waals surface area contributed by atoms with Gasteiger partial charge in [-0.2, -0.15) is 4.98 Å². The van der Waals surface area contributed by atoms with E-state index in [4.69, 9.17) is 15.5 Å². The molecule has 4 heterocycles. The monoisotopic (exact) mass is 488 g/mol. The molecular weight excluding hydrogens is 460 g/mol. The van der Waals surface area contributed by atoms with E-state index in [1.54, 1.807) is 11.3 Å². The fourth-order valence-electron chi connectivity index (χ4n) is 4.29. The molecule has 0 bridgehead atoms. The number of nitrogen functional groups attached to an aromatic ring is 1. The number of likely N-dealkylation sites (tertiary alicyclic amines) is 1. The molecule has 2 aromatic heterocycles. The average molecular weight is 489 g/mol. The van der Waals surface area contributed by atoms with Gasteiger partial charge in [-0.1, -0.05) is 6.07 Å². The van der Waals surface area contributed by atoms with E-state index in [2.05, 4.69) is 33.2 Å². The van der Waals surface area contributed by atoms with Crippen LogP contribution in [0.15, 0.2) is 18.2 Å². The first-order valence-electron chi connectivity index (χ1n) is 11.1. The van der Waals surface area contributed by atoms with E-state index in [0.717, 1.165) is 41.5 Å². The topological polar surface area (TPSA) is 116 Å². The molecule has 1 fully saturated rings. The van der Waals surface area contributed by atoms with Crippen molar-refractivity contribution in [1.29, 1.82) is 0 Å². The zero-order valence-corrected chi connectivity index (χ0v) is 20.6. The number of thiazole rings is 1. The molecule has 33 heavy (non-hydrogen) atoms. The van der Waals surface area contributed by atoms with Crippen LogP contribution in [0.25, 0.3) is 22.1 Å². The molecular formula is C22H28N6O3S2. The lowest BCUT2D eigenvalue weighted by Gasteiger charge is -2.39. The van der Waals surface area contributed by atoms with Gasteiger partial charge in [-0.3, -0.25) is 0 Å². The minimum absolute atomic E-state index is 0.131. The van der Waals surface area contributed by atoms with E-state index in [-0.39, 0.29) is 17.7 Å². The van der Waals surface area contributed by atoms with Crippen LogP contribution in [-0.4, -0.2) is 71.3 Å². The van der Waals surface area contributed by atoms with Gasteiger partial charge in [0.1, 0.15) is 15.6 Å². The number of hydrogen-bond donors (Lipinski definition) is 1. The fourth-order valence-corrected chi connectivity index (χ4v) is 5.92. The number of benzene rings is 1. The first kappa shape index (κ1) is 22.3. The van der Waals surface area contributed by atoms with Gasteiger partial charge in [0.25, 0.3) is 0 Å². The molecule has 9 nitrogen and oxygen atoms in total. The third-order valence-electron chi connectivity index (χ3n) is 6.08. The summed E-state index contributed by atoms with van der Waals surface area (Å²) >= 11 is 1.62. The van der Waals surface area contributed by atoms with Crippen molar-refractivity contribution in [3.63, 3.8) is 0 Å². The number of fused-ring (bicyclic) bond motifs is 3. The van der Waals surface area contributed by atoms with Crippen LogP contribution in [0.3, 0.4) is 0 Å². The van der Waals surface area contributed by atoms with Crippen LogP contribution in [0, 0.1) is 0 Å². The Morgan fingerprint density at radius 3 is 2.79 bits per heavy atom. The smallest absolute Gasteiger partial charge is 0.240 e. The first-order valence-corrected chi connectivity index (χ1v) is 13.9. The summed E-state index contributed by atoms with van der Waals surface area (Å²) in [5.74, 6) is 2.40. The number of rotatable bonds is 6. The summed E-state index contributed by atoms with van der Waals surface area (Å²) < 4.78 is 30.7. The third kappa shape index (κ3) is 4.49. The molecule has 0 atom stereocenters. The average Bonchev–Trinajstić information content (AvgIpc) is 3.26. The zero-order valence-electron chi connectivity index (χ0n) is 19.0. The van der Waals surface area contributed by atoms with Gasteiger partial charge in [-0.05, 0) is 31.5 Å². The first-order chi connectivity index (χ1) is 15.7. The van der Waals surface area contributed by atoms with Crippen LogP contribution < -0.4 is 10.5 Å². The number of sulfone groups is 1. The van der Waals surface area contributed by atoms with Gasteiger partial charge in [0.05, 0.1) is 18.1 Å². The molecule has 176 valence electrons. The molecule has 2 aliphatic rings. The molecule has 11 heteroatoms. The highest BCUT2D eigenvalue weighted by Crippen LogP contribution is 2.42. The highest BCUT2D eigenvalue weighted by atomic mass is 32.2. The second-order valence-corrected chi connectivity index (χ2v) is 12.4. The van der Waals surface area contributed by atoms with Crippen LogP contribution in [-0.2, 0) is 16.3 Å². The molecule has 5 rings (SSSR count). The lowest BCUT2D eigenvalue weighted by molar-refractivity contribution is 0.158. The van der Waals surface area contributed by atoms with Gasteiger partial charge in [-0.15, -0.1) is 16.4 Å². The van der Waals surface area contributed by atoms with E-state index < -0.39 is 9.84 Å². The van der Waals surface area contributed by atoms with E-state index in [1.807, 2.05) is 18.5 Å². The summed E-state index contributed by atoms with van der Waals surface area (Å²) in [6, 6.07) is 6.49. The maximum absolute atomic E-state index is 11.4. The van der Waals surface area contributed by atoms with Crippen LogP contribution in [0.1, 0.15) is 36.2 Å². The Morgan fingerprint density at radius 1 is 1.27 bits per heavy atom. The molecule has 0 unspecified atom stereocenters. The molecule has 3 aromatic rings. The van der Waals surface area contributed by atoms with E-state index in [0.29, 0.717) is 24.9 Å². The number of ether oxygens (including phenoxy) is 1. The van der Waals surface area contributed by atoms with Crippen molar-refractivity contribution in [1.82, 2.24) is 24.6 Å². The minimum atomic E-state index is -2.93. The predicted molar refractivity (Wildman–Crippen MR) is 129 cm³/mol. The Balaban J connectivity index is 1.39. The second kappa shape index (κ2) is 8.37. The van der Waals surface area contributed by atoms with Gasteiger partial charge < -0.3 is 15.4 Å². The largest absolute Gasteiger partial charge is 0.492 e. The Morgan fingerprint density at radius 2 is 2.06 bits per heavy atom. The summed E-state index contributed by atoms with van der Waals surface area (Å²) in [7, 11) is -2.93. The predicted octanol–water partition coefficient (Wildman–Crippen LogP) is 2.61. The zero-order chi connectivity index (χ0) is 23.3. The molecule has 0 spiro atoms. The van der Waals surface area contributed by atoms with Crippen molar-refractivity contribution in [3.05, 3.63) is 28.6 Å². The van der Waals surface area contributed by atoms with Crippen molar-refractivity contribution < 1.29 is 13.2 Å². The number of aromatic nitrogens is 4. The maximum Gasteiger partial charge on any atom is 0.240 e. The van der Waals surface area contributed by atoms with Crippen LogP contribution in [0.5, 0.6) is 5.75 Å². The SMILES string of the molecule is CC(C)n1nc(N)nc1-c1nc2c(s1)CCOc1cc(C3CN(CCS(C)(=O)=O)C3)ccc1-2. The molecule has 2 aliphatic heterocycles. The van der Waals surface area contributed by atoms with Crippen molar-refractivity contribution >= 4 is 27.1 Å². The molecule has 1 saturated heterocycles. The third-order valence-corrected chi connectivity index (χ3v) is 8.12. The minimum Gasteiger partial charge on any atom is -0.492 e. The lowest BCUT2D eigenvalue weighted by Crippen LogP contribution is -2.46. The normalized spacial score (nSPS) is 16.7. The highest BCUT2D eigenvalue weighted by molar-refractivity contribution is 7.90. The van der Waals surface area contributed by atoms with E-state index >= 15 is 0 Å². The Kier molecular flexibility index (Phi) is 5.66. The van der Waals surface area contributed by atoms with E-state index in [1.165, 1.54) is 16.7 Å². The summed E-state index contributed by atoms with van der Waals surface area (Å²) in [4.78, 5) is 12.7. The summed E-state index contributed by atoms with van der Waals surface area (Å²) in [6.45, 7) is 7.01. The molecule has 0 radical (unpaired) electrons. The molecule has 1 aromatic carbocycles. The Labute approximate surface area is 197 Å². The number of anilines is 1. The van der Waals surface area contributed by atoms with Crippen LogP contribution >= 0.6 is 11.3 Å². The Hall–Kier alpha value is -2.50. The van der Waals surface area contributed by atoms with Crippen molar-refractivity contribution in [2.24, 2.45) is 0 Å². The van der Waals surface area contributed by atoms with Gasteiger partial charge in [-0.25, -0.2) is 18.1 Å². The van der Waals surface area contributed by atoms with Gasteiger partial charge >= 0.3 is 0 Å². The van der Waals surface area contributed by atoms with Gasteiger partial charge in [0.2, 0.25) is 5.95 Å². The summed E-state index contributed by atoms with van der Waals surface area (Å²) in [6.07, 6.45) is 2.07. The quantitative estimate of drug-likeness (QED) is 0.563. The van der Waals surface area contributed by atoms with E-state index in [9.17, 15) is 8.42 Å². The van der Waals surface area contributed by atoms with Crippen molar-refractivity contribution in [3.8, 4) is 27.8 Å². The summed E-state index contributed by atoms with van der Waals surface area (Å²) in [5.41, 5.74) is 9.02. The molecule has 2 N–H and O–H groups in total. The highest BCUT2D eigenvalue weighted by Gasteiger charge is 2.30. The number of nitrogens with zero attached hydrogens (tertiary/aromatic N) is 5.